The maximum Gasteiger partial charge on any atom is 0.322 e. The highest BCUT2D eigenvalue weighted by molar-refractivity contribution is 5.73. The molecule has 7 heteroatoms. The SMILES string of the molecule is COc1cc2c(cc1CN1CCN(C)[C@H](C(=O)O)C1)OCCCO2. The molecular weight excluding hydrogens is 312 g/mol. The number of hydrogen-bond donors (Lipinski definition) is 1. The Morgan fingerprint density at radius 2 is 2.00 bits per heavy atom. The molecule has 0 bridgehead atoms. The van der Waals surface area contributed by atoms with Crippen molar-refractivity contribution in [3.63, 3.8) is 0 Å². The minimum absolute atomic E-state index is 0.481. The van der Waals surface area contributed by atoms with Crippen LogP contribution in [0.1, 0.15) is 12.0 Å². The second-order valence-corrected chi connectivity index (χ2v) is 6.23. The lowest BCUT2D eigenvalue weighted by Gasteiger charge is -2.37. The van der Waals surface area contributed by atoms with Gasteiger partial charge >= 0.3 is 5.97 Å². The van der Waals surface area contributed by atoms with E-state index in [2.05, 4.69) is 4.90 Å². The van der Waals surface area contributed by atoms with E-state index >= 15 is 0 Å². The fourth-order valence-corrected chi connectivity index (χ4v) is 3.13. The van der Waals surface area contributed by atoms with Crippen LogP contribution < -0.4 is 14.2 Å². The molecule has 132 valence electrons. The summed E-state index contributed by atoms with van der Waals surface area (Å²) in [6.45, 7) is 3.92. The molecule has 24 heavy (non-hydrogen) atoms. The number of benzene rings is 1. The molecule has 7 nitrogen and oxygen atoms in total. The number of carboxylic acids is 1. The maximum atomic E-state index is 11.4. The van der Waals surface area contributed by atoms with Crippen molar-refractivity contribution in [1.82, 2.24) is 9.80 Å². The lowest BCUT2D eigenvalue weighted by molar-refractivity contribution is -0.145. The van der Waals surface area contributed by atoms with Gasteiger partial charge in [0.25, 0.3) is 0 Å². The second-order valence-electron chi connectivity index (χ2n) is 6.23. The first-order valence-corrected chi connectivity index (χ1v) is 8.20. The van der Waals surface area contributed by atoms with E-state index < -0.39 is 12.0 Å². The Morgan fingerprint density at radius 1 is 1.29 bits per heavy atom. The Morgan fingerprint density at radius 3 is 2.67 bits per heavy atom. The van der Waals surface area contributed by atoms with Crippen molar-refractivity contribution in [2.45, 2.75) is 19.0 Å². The first-order chi connectivity index (χ1) is 11.6. The highest BCUT2D eigenvalue weighted by Crippen LogP contribution is 2.37. The van der Waals surface area contributed by atoms with E-state index in [-0.39, 0.29) is 0 Å². The number of piperazine rings is 1. The molecule has 1 fully saturated rings. The van der Waals surface area contributed by atoms with E-state index in [9.17, 15) is 9.90 Å². The summed E-state index contributed by atoms with van der Waals surface area (Å²) in [5.74, 6) is 1.39. The Bertz CT molecular complexity index is 607. The van der Waals surface area contributed by atoms with Crippen molar-refractivity contribution >= 4 is 5.97 Å². The zero-order valence-corrected chi connectivity index (χ0v) is 14.2. The average Bonchev–Trinajstić information content (AvgIpc) is 2.80. The van der Waals surface area contributed by atoms with Crippen molar-refractivity contribution in [1.29, 1.82) is 0 Å². The molecule has 0 spiro atoms. The molecule has 1 aromatic rings. The summed E-state index contributed by atoms with van der Waals surface area (Å²) >= 11 is 0. The van der Waals surface area contributed by atoms with E-state index in [1.807, 2.05) is 24.1 Å². The lowest BCUT2D eigenvalue weighted by Crippen LogP contribution is -2.54. The van der Waals surface area contributed by atoms with E-state index in [4.69, 9.17) is 14.2 Å². The Labute approximate surface area is 141 Å². The van der Waals surface area contributed by atoms with E-state index in [1.54, 1.807) is 7.11 Å². The molecule has 0 aromatic heterocycles. The van der Waals surface area contributed by atoms with Crippen LogP contribution in [0.5, 0.6) is 17.2 Å². The number of hydrogen-bond acceptors (Lipinski definition) is 6. The van der Waals surface area contributed by atoms with Crippen LogP contribution in [-0.2, 0) is 11.3 Å². The normalized spacial score (nSPS) is 22.0. The molecule has 1 aromatic carbocycles. The average molecular weight is 336 g/mol. The molecule has 2 aliphatic rings. The summed E-state index contributed by atoms with van der Waals surface area (Å²) in [6, 6.07) is 3.33. The molecular formula is C17H24N2O5. The predicted octanol–water partition coefficient (Wildman–Crippen LogP) is 1.06. The van der Waals surface area contributed by atoms with E-state index in [1.165, 1.54) is 0 Å². The number of rotatable bonds is 4. The van der Waals surface area contributed by atoms with Crippen LogP contribution in [0.2, 0.25) is 0 Å². The largest absolute Gasteiger partial charge is 0.496 e. The van der Waals surface area contributed by atoms with Crippen LogP contribution >= 0.6 is 0 Å². The van der Waals surface area contributed by atoms with Crippen LogP contribution in [0.3, 0.4) is 0 Å². The van der Waals surface area contributed by atoms with Crippen LogP contribution in [-0.4, -0.2) is 73.9 Å². The molecule has 2 aliphatic heterocycles. The number of likely N-dealkylation sites (N-methyl/N-ethyl adjacent to an activating group) is 1. The number of carboxylic acid groups (broad SMARTS) is 1. The molecule has 0 saturated carbocycles. The third kappa shape index (κ3) is 3.57. The van der Waals surface area contributed by atoms with Crippen LogP contribution in [0.25, 0.3) is 0 Å². The number of aliphatic carboxylic acids is 1. The van der Waals surface area contributed by atoms with Gasteiger partial charge in [-0.05, 0) is 13.1 Å². The van der Waals surface area contributed by atoms with Gasteiger partial charge in [0.2, 0.25) is 0 Å². The van der Waals surface area contributed by atoms with Gasteiger partial charge < -0.3 is 19.3 Å². The van der Waals surface area contributed by atoms with E-state index in [0.29, 0.717) is 32.1 Å². The summed E-state index contributed by atoms with van der Waals surface area (Å²) in [5, 5.41) is 9.35. The minimum atomic E-state index is -0.784. The van der Waals surface area contributed by atoms with Crippen LogP contribution in [0.4, 0.5) is 0 Å². The predicted molar refractivity (Wildman–Crippen MR) is 87.9 cm³/mol. The van der Waals surface area contributed by atoms with Gasteiger partial charge in [-0.1, -0.05) is 0 Å². The number of ether oxygens (including phenoxy) is 3. The lowest BCUT2D eigenvalue weighted by atomic mass is 10.1. The molecule has 1 atom stereocenters. The van der Waals surface area contributed by atoms with Crippen molar-refractivity contribution < 1.29 is 24.1 Å². The van der Waals surface area contributed by atoms with Gasteiger partial charge in [0.15, 0.2) is 11.5 Å². The molecule has 1 N–H and O–H groups in total. The van der Waals surface area contributed by atoms with Crippen molar-refractivity contribution in [2.24, 2.45) is 0 Å². The Kier molecular flexibility index (Phi) is 5.11. The first kappa shape index (κ1) is 16.9. The first-order valence-electron chi connectivity index (χ1n) is 8.20. The molecule has 0 radical (unpaired) electrons. The fraction of sp³-hybridized carbons (Fsp3) is 0.588. The van der Waals surface area contributed by atoms with Crippen molar-refractivity contribution in [2.75, 3.05) is 47.0 Å². The molecule has 1 saturated heterocycles. The summed E-state index contributed by atoms with van der Waals surface area (Å²) in [7, 11) is 3.48. The Hall–Kier alpha value is -1.99. The third-order valence-corrected chi connectivity index (χ3v) is 4.56. The maximum absolute atomic E-state index is 11.4. The molecule has 0 amide bonds. The third-order valence-electron chi connectivity index (χ3n) is 4.56. The molecule has 0 aliphatic carbocycles. The summed E-state index contributed by atoms with van der Waals surface area (Å²) in [4.78, 5) is 15.4. The van der Waals surface area contributed by atoms with Gasteiger partial charge in [-0.2, -0.15) is 0 Å². The summed E-state index contributed by atoms with van der Waals surface area (Å²) in [6.07, 6.45) is 0.852. The minimum Gasteiger partial charge on any atom is -0.496 e. The van der Waals surface area contributed by atoms with Gasteiger partial charge in [0, 0.05) is 44.2 Å². The number of carbonyl (C=O) groups is 1. The fourth-order valence-electron chi connectivity index (χ4n) is 3.13. The van der Waals surface area contributed by atoms with Gasteiger partial charge in [-0.15, -0.1) is 0 Å². The molecule has 0 unspecified atom stereocenters. The van der Waals surface area contributed by atoms with Gasteiger partial charge in [-0.3, -0.25) is 14.6 Å². The zero-order chi connectivity index (χ0) is 17.1. The van der Waals surface area contributed by atoms with Crippen molar-refractivity contribution in [3.8, 4) is 17.2 Å². The topological polar surface area (TPSA) is 71.5 Å². The highest BCUT2D eigenvalue weighted by Gasteiger charge is 2.30. The standard InChI is InChI=1S/C17H24N2O5/c1-18-4-5-19(11-13(18)17(20)21)10-12-8-15-16(9-14(12)22-2)24-7-3-6-23-15/h8-9,13H,3-7,10-11H2,1-2H3,(H,20,21)/t13-/m0/s1. The molecule has 2 heterocycles. The number of nitrogens with zero attached hydrogens (tertiary/aromatic N) is 2. The number of fused-ring (bicyclic) bond motifs is 1. The number of methoxy groups -OCH3 is 1. The van der Waals surface area contributed by atoms with Crippen LogP contribution in [0, 0.1) is 0 Å². The van der Waals surface area contributed by atoms with Gasteiger partial charge in [-0.25, -0.2) is 0 Å². The smallest absolute Gasteiger partial charge is 0.322 e. The summed E-state index contributed by atoms with van der Waals surface area (Å²) in [5.41, 5.74) is 0.982. The van der Waals surface area contributed by atoms with Gasteiger partial charge in [0.05, 0.1) is 20.3 Å². The monoisotopic (exact) mass is 336 g/mol. The highest BCUT2D eigenvalue weighted by atomic mass is 16.5. The summed E-state index contributed by atoms with van der Waals surface area (Å²) < 4.78 is 16.9. The van der Waals surface area contributed by atoms with E-state index in [0.717, 1.165) is 36.6 Å². The van der Waals surface area contributed by atoms with Gasteiger partial charge in [0.1, 0.15) is 11.8 Å². The zero-order valence-electron chi connectivity index (χ0n) is 14.2. The Balaban J connectivity index is 1.79. The van der Waals surface area contributed by atoms with Crippen molar-refractivity contribution in [3.05, 3.63) is 17.7 Å². The second kappa shape index (κ2) is 7.27. The quantitative estimate of drug-likeness (QED) is 0.881. The molecule has 3 rings (SSSR count). The van der Waals surface area contributed by atoms with Crippen LogP contribution in [0.15, 0.2) is 12.1 Å².